The Kier molecular flexibility index (Phi) is 6.99. The average Bonchev–Trinajstić information content (AvgIpc) is 2.54. The summed E-state index contributed by atoms with van der Waals surface area (Å²) in [6.45, 7) is 0.268. The fourth-order valence-electron chi connectivity index (χ4n) is 2.03. The lowest BCUT2D eigenvalue weighted by Crippen LogP contribution is -2.29. The summed E-state index contributed by atoms with van der Waals surface area (Å²) in [5, 5.41) is 3.60. The van der Waals surface area contributed by atoms with Crippen molar-refractivity contribution >= 4 is 40.3 Å². The van der Waals surface area contributed by atoms with Gasteiger partial charge in [-0.2, -0.15) is 0 Å². The van der Waals surface area contributed by atoms with Crippen molar-refractivity contribution in [2.45, 2.75) is 19.1 Å². The highest BCUT2D eigenvalue weighted by atomic mass is 127. The number of ether oxygens (including phenoxy) is 1. The number of carbonyl (C=O) groups excluding carboxylic acids is 1. The Morgan fingerprint density at radius 3 is 2.45 bits per heavy atom. The molecular formula is C17H17ClINO2. The molecule has 1 amide bonds. The summed E-state index contributed by atoms with van der Waals surface area (Å²) in [6.07, 6.45) is 0.427. The Morgan fingerprint density at radius 2 is 1.82 bits per heavy atom. The van der Waals surface area contributed by atoms with Gasteiger partial charge < -0.3 is 10.1 Å². The molecule has 0 bridgehead atoms. The second-order valence-electron chi connectivity index (χ2n) is 4.79. The van der Waals surface area contributed by atoms with Crippen LogP contribution in [0.1, 0.15) is 23.6 Å². The fourth-order valence-corrected chi connectivity index (χ4v) is 2.78. The quantitative estimate of drug-likeness (QED) is 0.510. The van der Waals surface area contributed by atoms with E-state index >= 15 is 0 Å². The number of carbonyl (C=O) groups is 1. The van der Waals surface area contributed by atoms with Crippen LogP contribution >= 0.6 is 34.2 Å². The van der Waals surface area contributed by atoms with Crippen LogP contribution < -0.4 is 5.32 Å². The van der Waals surface area contributed by atoms with E-state index in [0.29, 0.717) is 5.02 Å². The molecule has 0 spiro atoms. The smallest absolute Gasteiger partial charge is 0.407 e. The van der Waals surface area contributed by atoms with Crippen LogP contribution in [0.15, 0.2) is 54.6 Å². The highest BCUT2D eigenvalue weighted by Gasteiger charge is 2.15. The molecule has 0 aliphatic carbocycles. The number of amides is 1. The first-order valence-electron chi connectivity index (χ1n) is 6.97. The van der Waals surface area contributed by atoms with Gasteiger partial charge >= 0.3 is 6.09 Å². The normalized spacial score (nSPS) is 11.7. The monoisotopic (exact) mass is 429 g/mol. The maximum absolute atomic E-state index is 12.0. The van der Waals surface area contributed by atoms with Gasteiger partial charge in [-0.05, 0) is 29.7 Å². The molecule has 116 valence electrons. The van der Waals surface area contributed by atoms with Gasteiger partial charge in [-0.25, -0.2) is 4.79 Å². The molecular weight excluding hydrogens is 413 g/mol. The molecule has 0 aliphatic rings. The summed E-state index contributed by atoms with van der Waals surface area (Å²) in [4.78, 5) is 12.0. The summed E-state index contributed by atoms with van der Waals surface area (Å²) in [6, 6.07) is 17.1. The van der Waals surface area contributed by atoms with Crippen molar-refractivity contribution in [2.24, 2.45) is 0 Å². The van der Waals surface area contributed by atoms with E-state index in [2.05, 4.69) is 27.9 Å². The number of hydrogen-bond donors (Lipinski definition) is 1. The van der Waals surface area contributed by atoms with Gasteiger partial charge in [0.1, 0.15) is 6.61 Å². The third-order valence-corrected chi connectivity index (χ3v) is 4.05. The number of alkyl carbamates (subject to hydrolysis) is 1. The van der Waals surface area contributed by atoms with Gasteiger partial charge in [-0.1, -0.05) is 76.7 Å². The fraction of sp³-hybridized carbons (Fsp3) is 0.235. The van der Waals surface area contributed by atoms with Crippen LogP contribution in [-0.4, -0.2) is 10.5 Å². The van der Waals surface area contributed by atoms with Crippen molar-refractivity contribution in [3.05, 3.63) is 70.7 Å². The van der Waals surface area contributed by atoms with Crippen molar-refractivity contribution in [1.29, 1.82) is 0 Å². The Hall–Kier alpha value is -1.27. The van der Waals surface area contributed by atoms with Crippen molar-refractivity contribution in [3.8, 4) is 0 Å². The van der Waals surface area contributed by atoms with Crippen LogP contribution in [-0.2, 0) is 11.3 Å². The van der Waals surface area contributed by atoms with Crippen molar-refractivity contribution in [1.82, 2.24) is 5.32 Å². The largest absolute Gasteiger partial charge is 0.445 e. The highest BCUT2D eigenvalue weighted by molar-refractivity contribution is 14.1. The zero-order valence-corrected chi connectivity index (χ0v) is 14.9. The summed E-state index contributed by atoms with van der Waals surface area (Å²) < 4.78 is 6.21. The van der Waals surface area contributed by atoms with Crippen LogP contribution in [0, 0.1) is 0 Å². The second-order valence-corrected chi connectivity index (χ2v) is 6.30. The van der Waals surface area contributed by atoms with E-state index in [-0.39, 0.29) is 12.6 Å². The summed E-state index contributed by atoms with van der Waals surface area (Å²) in [7, 11) is 0. The third kappa shape index (κ3) is 5.50. The third-order valence-electron chi connectivity index (χ3n) is 3.17. The van der Waals surface area contributed by atoms with Gasteiger partial charge in [0, 0.05) is 9.45 Å². The zero-order chi connectivity index (χ0) is 15.8. The summed E-state index contributed by atoms with van der Waals surface area (Å²) in [5.41, 5.74) is 1.99. The molecule has 3 nitrogen and oxygen atoms in total. The van der Waals surface area contributed by atoms with Crippen molar-refractivity contribution in [2.75, 3.05) is 4.43 Å². The van der Waals surface area contributed by atoms with E-state index in [0.717, 1.165) is 22.0 Å². The van der Waals surface area contributed by atoms with E-state index in [9.17, 15) is 4.79 Å². The Balaban J connectivity index is 1.92. The SMILES string of the molecule is O=C(N[C@@H](CCI)c1ccc(Cl)cc1)OCc1ccccc1. The Labute approximate surface area is 149 Å². The van der Waals surface area contributed by atoms with E-state index in [1.165, 1.54) is 0 Å². The molecule has 1 atom stereocenters. The van der Waals surface area contributed by atoms with Gasteiger partial charge in [0.15, 0.2) is 0 Å². The van der Waals surface area contributed by atoms with Crippen molar-refractivity contribution in [3.63, 3.8) is 0 Å². The van der Waals surface area contributed by atoms with Gasteiger partial charge in [0.25, 0.3) is 0 Å². The molecule has 0 heterocycles. The van der Waals surface area contributed by atoms with Gasteiger partial charge in [-0.3, -0.25) is 0 Å². The van der Waals surface area contributed by atoms with Gasteiger partial charge in [0.05, 0.1) is 6.04 Å². The molecule has 2 aromatic rings. The molecule has 0 radical (unpaired) electrons. The zero-order valence-electron chi connectivity index (χ0n) is 12.0. The molecule has 2 aromatic carbocycles. The Bertz CT molecular complexity index is 589. The number of alkyl halides is 1. The number of benzene rings is 2. The van der Waals surface area contributed by atoms with E-state index < -0.39 is 6.09 Å². The lowest BCUT2D eigenvalue weighted by molar-refractivity contribution is 0.135. The van der Waals surface area contributed by atoms with Crippen molar-refractivity contribution < 1.29 is 9.53 Å². The maximum atomic E-state index is 12.0. The summed E-state index contributed by atoms with van der Waals surface area (Å²) in [5.74, 6) is 0. The molecule has 0 saturated heterocycles. The molecule has 0 saturated carbocycles. The topological polar surface area (TPSA) is 38.3 Å². The molecule has 0 aliphatic heterocycles. The molecule has 0 aromatic heterocycles. The first-order valence-corrected chi connectivity index (χ1v) is 8.88. The lowest BCUT2D eigenvalue weighted by Gasteiger charge is -2.18. The van der Waals surface area contributed by atoms with E-state index in [1.54, 1.807) is 0 Å². The number of halogens is 2. The summed E-state index contributed by atoms with van der Waals surface area (Å²) >= 11 is 8.20. The van der Waals surface area contributed by atoms with Crippen LogP contribution in [0.5, 0.6) is 0 Å². The van der Waals surface area contributed by atoms with E-state index in [1.807, 2.05) is 54.6 Å². The van der Waals surface area contributed by atoms with Crippen LogP contribution in [0.4, 0.5) is 4.79 Å². The Morgan fingerprint density at radius 1 is 1.14 bits per heavy atom. The van der Waals surface area contributed by atoms with Crippen LogP contribution in [0.25, 0.3) is 0 Å². The van der Waals surface area contributed by atoms with Crippen LogP contribution in [0.3, 0.4) is 0 Å². The molecule has 0 fully saturated rings. The number of nitrogens with one attached hydrogen (secondary N) is 1. The highest BCUT2D eigenvalue weighted by Crippen LogP contribution is 2.20. The molecule has 0 unspecified atom stereocenters. The molecule has 1 N–H and O–H groups in total. The second kappa shape index (κ2) is 9.00. The first kappa shape index (κ1) is 17.1. The van der Waals surface area contributed by atoms with Gasteiger partial charge in [0.2, 0.25) is 0 Å². The minimum atomic E-state index is -0.409. The van der Waals surface area contributed by atoms with E-state index in [4.69, 9.17) is 16.3 Å². The predicted molar refractivity (Wildman–Crippen MR) is 97.5 cm³/mol. The predicted octanol–water partition coefficient (Wildman–Crippen LogP) is 5.13. The average molecular weight is 430 g/mol. The van der Waals surface area contributed by atoms with Gasteiger partial charge in [-0.15, -0.1) is 0 Å². The minimum Gasteiger partial charge on any atom is -0.445 e. The number of rotatable bonds is 6. The molecule has 5 heteroatoms. The standard InChI is InChI=1S/C17H17ClINO2/c18-15-8-6-14(7-9-15)16(10-11-19)20-17(21)22-12-13-4-2-1-3-5-13/h1-9,16H,10-12H2,(H,20,21)/t16-/m0/s1. The lowest BCUT2D eigenvalue weighted by atomic mass is 10.1. The molecule has 22 heavy (non-hydrogen) atoms. The van der Waals surface area contributed by atoms with Crippen LogP contribution in [0.2, 0.25) is 5.02 Å². The maximum Gasteiger partial charge on any atom is 0.407 e. The number of hydrogen-bond acceptors (Lipinski definition) is 2. The minimum absolute atomic E-state index is 0.0718. The first-order chi connectivity index (χ1) is 10.7. The molecule has 2 rings (SSSR count).